The molecular formula is C12H18N4O3S. The Morgan fingerprint density at radius 2 is 2.20 bits per heavy atom. The molecule has 0 unspecified atom stereocenters. The molecule has 0 aliphatic carbocycles. The maximum atomic E-state index is 11.6. The molecule has 0 radical (unpaired) electrons. The van der Waals surface area contributed by atoms with Crippen molar-refractivity contribution in [2.75, 3.05) is 29.8 Å². The molecule has 1 aliphatic rings. The summed E-state index contributed by atoms with van der Waals surface area (Å²) in [7, 11) is -1.99. The summed E-state index contributed by atoms with van der Waals surface area (Å²) in [6.07, 6.45) is 0.978. The molecule has 1 heterocycles. The minimum absolute atomic E-state index is 0.126. The minimum Gasteiger partial charge on any atom is -0.326 e. The summed E-state index contributed by atoms with van der Waals surface area (Å²) in [5, 5.41) is 10.8. The largest absolute Gasteiger partial charge is 0.326 e. The monoisotopic (exact) mass is 298 g/mol. The number of hydrogen-bond acceptors (Lipinski definition) is 4. The van der Waals surface area contributed by atoms with Crippen molar-refractivity contribution in [2.24, 2.45) is 5.14 Å². The Hall–Kier alpha value is -1.64. The number of amides is 1. The fourth-order valence-electron chi connectivity index (χ4n) is 2.15. The number of carbonyl (C=O) groups is 1. The standard InChI is InChI=1S/C12H18N4O3S/c1-14-6-4-12(17)15-10-3-2-9-5-7-16(11(9)8-10)20(13,18)19/h2-3,8,14H,4-7H2,1H3,(H,15,17)(H2,13,18,19). The van der Waals surface area contributed by atoms with Crippen LogP contribution in [0.1, 0.15) is 12.0 Å². The SMILES string of the molecule is CNCCC(=O)Nc1ccc2c(c1)N(S(N)(=O)=O)CC2. The Kier molecular flexibility index (Phi) is 4.26. The number of nitrogens with one attached hydrogen (secondary N) is 2. The van der Waals surface area contributed by atoms with Crippen LogP contribution in [0.2, 0.25) is 0 Å². The average molecular weight is 298 g/mol. The van der Waals surface area contributed by atoms with Gasteiger partial charge in [0.15, 0.2) is 0 Å². The van der Waals surface area contributed by atoms with Crippen LogP contribution in [0.25, 0.3) is 0 Å². The highest BCUT2D eigenvalue weighted by Gasteiger charge is 2.26. The van der Waals surface area contributed by atoms with Gasteiger partial charge in [0.05, 0.1) is 5.69 Å². The van der Waals surface area contributed by atoms with Crippen LogP contribution in [0.3, 0.4) is 0 Å². The predicted octanol–water partition coefficient (Wildman–Crippen LogP) is -0.199. The fourth-order valence-corrected chi connectivity index (χ4v) is 2.94. The van der Waals surface area contributed by atoms with Gasteiger partial charge in [0.2, 0.25) is 5.91 Å². The van der Waals surface area contributed by atoms with Crippen LogP contribution in [0.4, 0.5) is 11.4 Å². The quantitative estimate of drug-likeness (QED) is 0.700. The molecular weight excluding hydrogens is 280 g/mol. The predicted molar refractivity (Wildman–Crippen MR) is 77.8 cm³/mol. The zero-order valence-corrected chi connectivity index (χ0v) is 12.0. The van der Waals surface area contributed by atoms with Gasteiger partial charge in [-0.2, -0.15) is 8.42 Å². The number of hydrogen-bond donors (Lipinski definition) is 3. The van der Waals surface area contributed by atoms with Crippen molar-refractivity contribution in [3.8, 4) is 0 Å². The lowest BCUT2D eigenvalue weighted by Gasteiger charge is -2.16. The van der Waals surface area contributed by atoms with E-state index in [-0.39, 0.29) is 5.91 Å². The molecule has 0 fully saturated rings. The van der Waals surface area contributed by atoms with Gasteiger partial charge >= 0.3 is 0 Å². The summed E-state index contributed by atoms with van der Waals surface area (Å²) in [6, 6.07) is 5.22. The number of carbonyl (C=O) groups excluding carboxylic acids is 1. The summed E-state index contributed by atoms with van der Waals surface area (Å²) in [6.45, 7) is 0.922. The Morgan fingerprint density at radius 1 is 1.45 bits per heavy atom. The maximum Gasteiger partial charge on any atom is 0.299 e. The normalized spacial score (nSPS) is 14.2. The van der Waals surface area contributed by atoms with Crippen LogP contribution in [0.15, 0.2) is 18.2 Å². The zero-order valence-electron chi connectivity index (χ0n) is 11.2. The maximum absolute atomic E-state index is 11.6. The number of fused-ring (bicyclic) bond motifs is 1. The highest BCUT2D eigenvalue weighted by molar-refractivity contribution is 7.90. The van der Waals surface area contributed by atoms with E-state index < -0.39 is 10.2 Å². The van der Waals surface area contributed by atoms with E-state index in [4.69, 9.17) is 5.14 Å². The molecule has 4 N–H and O–H groups in total. The van der Waals surface area contributed by atoms with Crippen molar-refractivity contribution in [1.29, 1.82) is 0 Å². The summed E-state index contributed by atoms with van der Waals surface area (Å²) >= 11 is 0. The highest BCUT2D eigenvalue weighted by Crippen LogP contribution is 2.31. The van der Waals surface area contributed by atoms with Crippen molar-refractivity contribution < 1.29 is 13.2 Å². The first-order valence-electron chi connectivity index (χ1n) is 6.29. The Bertz CT molecular complexity index is 615. The second-order valence-electron chi connectivity index (χ2n) is 4.61. The third kappa shape index (κ3) is 3.27. The number of benzene rings is 1. The van der Waals surface area contributed by atoms with Crippen LogP contribution >= 0.6 is 0 Å². The highest BCUT2D eigenvalue weighted by atomic mass is 32.2. The molecule has 1 aliphatic heterocycles. The van der Waals surface area contributed by atoms with Crippen molar-refractivity contribution in [2.45, 2.75) is 12.8 Å². The second-order valence-corrected chi connectivity index (χ2v) is 6.08. The lowest BCUT2D eigenvalue weighted by atomic mass is 10.1. The molecule has 1 aromatic rings. The van der Waals surface area contributed by atoms with Gasteiger partial charge in [-0.25, -0.2) is 5.14 Å². The van der Waals surface area contributed by atoms with Crippen molar-refractivity contribution >= 4 is 27.5 Å². The van der Waals surface area contributed by atoms with E-state index in [1.165, 1.54) is 0 Å². The van der Waals surface area contributed by atoms with E-state index in [2.05, 4.69) is 10.6 Å². The first-order chi connectivity index (χ1) is 9.41. The zero-order chi connectivity index (χ0) is 14.8. The van der Waals surface area contributed by atoms with Gasteiger partial charge in [0.25, 0.3) is 10.2 Å². The van der Waals surface area contributed by atoms with Gasteiger partial charge in [-0.1, -0.05) is 6.07 Å². The Balaban J connectivity index is 2.17. The molecule has 0 bridgehead atoms. The van der Waals surface area contributed by atoms with Gasteiger partial charge in [0, 0.05) is 25.2 Å². The van der Waals surface area contributed by atoms with Crippen LogP contribution in [0.5, 0.6) is 0 Å². The first kappa shape index (κ1) is 14.8. The molecule has 1 amide bonds. The van der Waals surface area contributed by atoms with Gasteiger partial charge in [-0.05, 0) is 31.2 Å². The molecule has 2 rings (SSSR count). The van der Waals surface area contributed by atoms with Crippen LogP contribution in [-0.4, -0.2) is 34.5 Å². The smallest absolute Gasteiger partial charge is 0.299 e. The Labute approximate surface area is 118 Å². The third-order valence-electron chi connectivity index (χ3n) is 3.13. The molecule has 0 saturated heterocycles. The lowest BCUT2D eigenvalue weighted by molar-refractivity contribution is -0.116. The topological polar surface area (TPSA) is 105 Å². The number of nitrogens with zero attached hydrogens (tertiary/aromatic N) is 1. The van der Waals surface area contributed by atoms with E-state index >= 15 is 0 Å². The van der Waals surface area contributed by atoms with Crippen LogP contribution in [0, 0.1) is 0 Å². The fraction of sp³-hybridized carbons (Fsp3) is 0.417. The number of anilines is 2. The molecule has 7 nitrogen and oxygen atoms in total. The molecule has 0 aromatic heterocycles. The average Bonchev–Trinajstić information content (AvgIpc) is 2.79. The van der Waals surface area contributed by atoms with Gasteiger partial charge < -0.3 is 10.6 Å². The summed E-state index contributed by atoms with van der Waals surface area (Å²) in [5.74, 6) is -0.126. The summed E-state index contributed by atoms with van der Waals surface area (Å²) in [4.78, 5) is 11.6. The van der Waals surface area contributed by atoms with E-state index in [0.29, 0.717) is 37.3 Å². The molecule has 1 aromatic carbocycles. The molecule has 8 heteroatoms. The Morgan fingerprint density at radius 3 is 2.85 bits per heavy atom. The second kappa shape index (κ2) is 5.78. The number of rotatable bonds is 5. The van der Waals surface area contributed by atoms with E-state index in [0.717, 1.165) is 9.87 Å². The van der Waals surface area contributed by atoms with Crippen molar-refractivity contribution in [1.82, 2.24) is 5.32 Å². The molecule has 0 spiro atoms. The van der Waals surface area contributed by atoms with E-state index in [1.54, 1.807) is 19.2 Å². The minimum atomic E-state index is -3.76. The molecule has 0 atom stereocenters. The third-order valence-corrected chi connectivity index (χ3v) is 4.12. The van der Waals surface area contributed by atoms with Crippen LogP contribution in [-0.2, 0) is 21.4 Å². The van der Waals surface area contributed by atoms with E-state index in [1.807, 2.05) is 6.07 Å². The van der Waals surface area contributed by atoms with Gasteiger partial charge in [-0.3, -0.25) is 9.10 Å². The number of nitrogens with two attached hydrogens (primary N) is 1. The van der Waals surface area contributed by atoms with Crippen LogP contribution < -0.4 is 20.1 Å². The first-order valence-corrected chi connectivity index (χ1v) is 7.80. The molecule has 0 saturated carbocycles. The van der Waals surface area contributed by atoms with Crippen molar-refractivity contribution in [3.05, 3.63) is 23.8 Å². The lowest BCUT2D eigenvalue weighted by Crippen LogP contribution is -2.35. The summed E-state index contributed by atoms with van der Waals surface area (Å²) < 4.78 is 24.1. The summed E-state index contributed by atoms with van der Waals surface area (Å²) in [5.41, 5.74) is 2.02. The van der Waals surface area contributed by atoms with Gasteiger partial charge in [0.1, 0.15) is 0 Å². The van der Waals surface area contributed by atoms with Gasteiger partial charge in [-0.15, -0.1) is 0 Å². The van der Waals surface area contributed by atoms with Crippen molar-refractivity contribution in [3.63, 3.8) is 0 Å². The van der Waals surface area contributed by atoms with E-state index in [9.17, 15) is 13.2 Å². The molecule has 110 valence electrons. The molecule has 20 heavy (non-hydrogen) atoms.